The number of rotatable bonds is 5. The molecule has 0 heterocycles. The fourth-order valence-corrected chi connectivity index (χ4v) is 2.77. The minimum absolute atomic E-state index is 0.393. The van der Waals surface area contributed by atoms with Crippen LogP contribution < -0.4 is 0 Å². The monoisotopic (exact) mass is 256 g/mol. The summed E-state index contributed by atoms with van der Waals surface area (Å²) in [5, 5.41) is 1.29. The van der Waals surface area contributed by atoms with Crippen molar-refractivity contribution in [3.63, 3.8) is 0 Å². The van der Waals surface area contributed by atoms with Gasteiger partial charge in [-0.05, 0) is 62.1 Å². The summed E-state index contributed by atoms with van der Waals surface area (Å²) in [6, 6.07) is 6.30. The maximum absolute atomic E-state index is 6.28. The molecule has 2 heteroatoms. The quantitative estimate of drug-likeness (QED) is 0.652. The molecule has 1 atom stereocenters. The Morgan fingerprint density at radius 2 is 2.12 bits per heavy atom. The van der Waals surface area contributed by atoms with E-state index in [4.69, 9.17) is 23.2 Å². The highest BCUT2D eigenvalue weighted by Gasteiger charge is 2.28. The smallest absolute Gasteiger partial charge is 0.0440 e. The normalized spacial score (nSPS) is 17.4. The van der Waals surface area contributed by atoms with E-state index in [1.54, 1.807) is 0 Å². The van der Waals surface area contributed by atoms with Gasteiger partial charge in [0, 0.05) is 10.4 Å². The highest BCUT2D eigenvalue weighted by atomic mass is 35.5. The Kier molecular flexibility index (Phi) is 4.16. The lowest BCUT2D eigenvalue weighted by Gasteiger charge is -2.08. The summed E-state index contributed by atoms with van der Waals surface area (Å²) in [6.07, 6.45) is 5.98. The first kappa shape index (κ1) is 12.3. The molecule has 0 bridgehead atoms. The topological polar surface area (TPSA) is 0 Å². The van der Waals surface area contributed by atoms with Crippen LogP contribution in [0, 0.1) is 12.8 Å². The molecule has 0 radical (unpaired) electrons. The van der Waals surface area contributed by atoms with E-state index in [1.165, 1.54) is 24.0 Å². The maximum atomic E-state index is 6.28. The third kappa shape index (κ3) is 3.40. The van der Waals surface area contributed by atoms with E-state index in [0.29, 0.717) is 5.38 Å². The van der Waals surface area contributed by atoms with Crippen molar-refractivity contribution in [1.82, 2.24) is 0 Å². The molecule has 0 saturated heterocycles. The third-order valence-corrected chi connectivity index (χ3v) is 4.19. The van der Waals surface area contributed by atoms with Crippen LogP contribution in [0.4, 0.5) is 0 Å². The summed E-state index contributed by atoms with van der Waals surface area (Å²) in [7, 11) is 0. The molecular formula is C14H18Cl2. The minimum atomic E-state index is 0.393. The predicted molar refractivity (Wildman–Crippen MR) is 71.5 cm³/mol. The Balaban J connectivity index is 1.80. The summed E-state index contributed by atoms with van der Waals surface area (Å²) in [4.78, 5) is 0. The first-order valence-electron chi connectivity index (χ1n) is 6.06. The van der Waals surface area contributed by atoms with E-state index in [-0.39, 0.29) is 0 Å². The molecule has 1 aliphatic rings. The number of alkyl halides is 1. The number of aryl methyl sites for hydroxylation is 2. The van der Waals surface area contributed by atoms with Gasteiger partial charge in [0.1, 0.15) is 0 Å². The highest BCUT2D eigenvalue weighted by molar-refractivity contribution is 6.31. The van der Waals surface area contributed by atoms with Crippen molar-refractivity contribution in [2.45, 2.75) is 44.4 Å². The largest absolute Gasteiger partial charge is 0.123 e. The molecule has 1 fully saturated rings. The van der Waals surface area contributed by atoms with Gasteiger partial charge in [-0.3, -0.25) is 0 Å². The van der Waals surface area contributed by atoms with Gasteiger partial charge in [-0.2, -0.15) is 0 Å². The van der Waals surface area contributed by atoms with Crippen molar-refractivity contribution in [2.75, 3.05) is 0 Å². The molecule has 0 spiro atoms. The average Bonchev–Trinajstić information content (AvgIpc) is 3.04. The second-order valence-corrected chi connectivity index (χ2v) is 5.81. The second kappa shape index (κ2) is 5.42. The van der Waals surface area contributed by atoms with Crippen LogP contribution in [0.1, 0.15) is 36.8 Å². The SMILES string of the molecule is Cc1ccc(CCCC(Cl)C2CC2)c(Cl)c1. The summed E-state index contributed by atoms with van der Waals surface area (Å²) in [6.45, 7) is 2.07. The molecule has 1 aromatic rings. The Hall–Kier alpha value is -0.200. The third-order valence-electron chi connectivity index (χ3n) is 3.27. The minimum Gasteiger partial charge on any atom is -0.123 e. The van der Waals surface area contributed by atoms with Gasteiger partial charge >= 0.3 is 0 Å². The zero-order valence-corrected chi connectivity index (χ0v) is 11.2. The standard InChI is InChI=1S/C14H18Cl2/c1-10-5-6-11(14(16)9-10)3-2-4-13(15)12-7-8-12/h5-6,9,12-13H,2-4,7-8H2,1H3. The van der Waals surface area contributed by atoms with Gasteiger partial charge in [-0.1, -0.05) is 23.7 Å². The molecule has 0 aromatic heterocycles. The molecule has 0 aliphatic heterocycles. The zero-order valence-electron chi connectivity index (χ0n) is 9.68. The van der Waals surface area contributed by atoms with E-state index in [0.717, 1.165) is 30.2 Å². The van der Waals surface area contributed by atoms with E-state index in [2.05, 4.69) is 19.1 Å². The molecule has 1 aromatic carbocycles. The van der Waals surface area contributed by atoms with Crippen LogP contribution in [0.25, 0.3) is 0 Å². The van der Waals surface area contributed by atoms with Gasteiger partial charge in [0.2, 0.25) is 0 Å². The van der Waals surface area contributed by atoms with E-state index in [1.807, 2.05) is 6.07 Å². The van der Waals surface area contributed by atoms with E-state index >= 15 is 0 Å². The molecule has 0 N–H and O–H groups in total. The van der Waals surface area contributed by atoms with E-state index in [9.17, 15) is 0 Å². The van der Waals surface area contributed by atoms with Gasteiger partial charge in [-0.15, -0.1) is 11.6 Å². The Bertz CT molecular complexity index is 356. The van der Waals surface area contributed by atoms with Gasteiger partial charge in [0.05, 0.1) is 0 Å². The summed E-state index contributed by atoms with van der Waals surface area (Å²) < 4.78 is 0. The molecule has 1 aliphatic carbocycles. The Labute approximate surface area is 108 Å². The van der Waals surface area contributed by atoms with Crippen LogP contribution in [-0.2, 0) is 6.42 Å². The summed E-state index contributed by atoms with van der Waals surface area (Å²) in [5.41, 5.74) is 2.48. The number of hydrogen-bond acceptors (Lipinski definition) is 0. The second-order valence-electron chi connectivity index (χ2n) is 4.84. The van der Waals surface area contributed by atoms with Crippen LogP contribution in [0.15, 0.2) is 18.2 Å². The van der Waals surface area contributed by atoms with Gasteiger partial charge in [0.25, 0.3) is 0 Å². The number of benzene rings is 1. The number of halogens is 2. The molecule has 16 heavy (non-hydrogen) atoms. The lowest BCUT2D eigenvalue weighted by atomic mass is 10.0. The van der Waals surface area contributed by atoms with E-state index < -0.39 is 0 Å². The first-order valence-corrected chi connectivity index (χ1v) is 6.87. The van der Waals surface area contributed by atoms with Crippen LogP contribution in [-0.4, -0.2) is 5.38 Å². The molecule has 2 rings (SSSR count). The van der Waals surface area contributed by atoms with Gasteiger partial charge in [0.15, 0.2) is 0 Å². The molecule has 1 saturated carbocycles. The van der Waals surface area contributed by atoms with Crippen molar-refractivity contribution in [3.8, 4) is 0 Å². The van der Waals surface area contributed by atoms with Crippen molar-refractivity contribution in [3.05, 3.63) is 34.3 Å². The summed E-state index contributed by atoms with van der Waals surface area (Å²) >= 11 is 12.5. The molecule has 0 amide bonds. The lowest BCUT2D eigenvalue weighted by molar-refractivity contribution is 0.637. The fourth-order valence-electron chi connectivity index (χ4n) is 2.04. The Morgan fingerprint density at radius 3 is 2.75 bits per heavy atom. The fraction of sp³-hybridized carbons (Fsp3) is 0.571. The van der Waals surface area contributed by atoms with Crippen LogP contribution in [0.5, 0.6) is 0 Å². The van der Waals surface area contributed by atoms with Gasteiger partial charge in [-0.25, -0.2) is 0 Å². The Morgan fingerprint density at radius 1 is 1.38 bits per heavy atom. The van der Waals surface area contributed by atoms with Crippen molar-refractivity contribution in [2.24, 2.45) is 5.92 Å². The van der Waals surface area contributed by atoms with Crippen molar-refractivity contribution >= 4 is 23.2 Å². The lowest BCUT2D eigenvalue weighted by Crippen LogP contribution is -2.01. The molecule has 0 nitrogen and oxygen atoms in total. The van der Waals surface area contributed by atoms with Crippen LogP contribution in [0.3, 0.4) is 0 Å². The summed E-state index contributed by atoms with van der Waals surface area (Å²) in [5.74, 6) is 0.801. The van der Waals surface area contributed by atoms with Crippen LogP contribution in [0.2, 0.25) is 5.02 Å². The zero-order chi connectivity index (χ0) is 11.5. The van der Waals surface area contributed by atoms with Crippen molar-refractivity contribution in [1.29, 1.82) is 0 Å². The molecule has 1 unspecified atom stereocenters. The van der Waals surface area contributed by atoms with Gasteiger partial charge < -0.3 is 0 Å². The highest BCUT2D eigenvalue weighted by Crippen LogP contribution is 2.37. The predicted octanol–water partition coefficient (Wildman–Crippen LogP) is 4.99. The first-order chi connectivity index (χ1) is 7.66. The maximum Gasteiger partial charge on any atom is 0.0440 e. The molecular weight excluding hydrogens is 239 g/mol. The molecule has 88 valence electrons. The van der Waals surface area contributed by atoms with Crippen LogP contribution >= 0.6 is 23.2 Å². The average molecular weight is 257 g/mol. The number of hydrogen-bond donors (Lipinski definition) is 0. The van der Waals surface area contributed by atoms with Crippen molar-refractivity contribution < 1.29 is 0 Å².